The third-order valence-corrected chi connectivity index (χ3v) is 7.16. The molecule has 0 spiro atoms. The Hall–Kier alpha value is -2.51. The van der Waals surface area contributed by atoms with Gasteiger partial charge in [0.15, 0.2) is 5.82 Å². The lowest BCUT2D eigenvalue weighted by Crippen LogP contribution is -2.38. The highest BCUT2D eigenvalue weighted by Crippen LogP contribution is 2.31. The minimum Gasteiger partial charge on any atom is -0.334 e. The van der Waals surface area contributed by atoms with Gasteiger partial charge in [-0.15, -0.1) is 0 Å². The Morgan fingerprint density at radius 3 is 2.50 bits per heavy atom. The second-order valence-corrected chi connectivity index (χ2v) is 9.21. The summed E-state index contributed by atoms with van der Waals surface area (Å²) >= 11 is 0. The molecule has 146 valence electrons. The molecule has 28 heavy (non-hydrogen) atoms. The molecule has 7 heteroatoms. The minimum atomic E-state index is -3.46. The average Bonchev–Trinajstić information content (AvgIpc) is 3.18. The first-order chi connectivity index (χ1) is 13.4. The summed E-state index contributed by atoms with van der Waals surface area (Å²) in [5, 5.41) is 4.16. The molecule has 0 N–H and O–H groups in total. The van der Waals surface area contributed by atoms with Crippen molar-refractivity contribution >= 4 is 10.0 Å². The molecule has 4 rings (SSSR count). The lowest BCUT2D eigenvalue weighted by Gasteiger charge is -2.29. The lowest BCUT2D eigenvalue weighted by molar-refractivity contribution is 0.307. The number of aromatic nitrogens is 2. The number of benzene rings is 2. The molecule has 0 saturated carbocycles. The van der Waals surface area contributed by atoms with Gasteiger partial charge >= 0.3 is 0 Å². The Balaban J connectivity index is 1.47. The number of rotatable bonds is 4. The molecular weight excluding hydrogens is 374 g/mol. The topological polar surface area (TPSA) is 76.3 Å². The fraction of sp³-hybridized carbons (Fsp3) is 0.333. The van der Waals surface area contributed by atoms with E-state index in [1.54, 1.807) is 22.5 Å². The van der Waals surface area contributed by atoms with Crippen LogP contribution in [0.4, 0.5) is 0 Å². The predicted octanol–water partition coefficient (Wildman–Crippen LogP) is 3.92. The molecule has 0 atom stereocenters. The van der Waals surface area contributed by atoms with Crippen molar-refractivity contribution in [3.63, 3.8) is 0 Å². The van der Waals surface area contributed by atoms with Gasteiger partial charge in [0, 0.05) is 24.6 Å². The van der Waals surface area contributed by atoms with Crippen LogP contribution in [0.15, 0.2) is 57.9 Å². The summed E-state index contributed by atoms with van der Waals surface area (Å²) in [6.45, 7) is 4.81. The summed E-state index contributed by atoms with van der Waals surface area (Å²) in [6, 6.07) is 14.9. The standard InChI is InChI=1S/C21H23N3O3S/c1-15-6-5-8-18(14-15)28(25,26)24-12-10-17(11-13-24)20-22-21(27-23-20)19-9-4-3-7-16(19)2/h3-9,14,17H,10-13H2,1-2H3. The molecule has 0 unspecified atom stereocenters. The van der Waals surface area contributed by atoms with Gasteiger partial charge in [-0.1, -0.05) is 35.5 Å². The molecule has 2 aromatic carbocycles. The molecular formula is C21H23N3O3S. The quantitative estimate of drug-likeness (QED) is 0.667. The fourth-order valence-corrected chi connectivity index (χ4v) is 5.18. The highest BCUT2D eigenvalue weighted by atomic mass is 32.2. The van der Waals surface area contributed by atoms with Gasteiger partial charge in [0.05, 0.1) is 4.90 Å². The number of aryl methyl sites for hydroxylation is 2. The van der Waals surface area contributed by atoms with Crippen molar-refractivity contribution in [1.82, 2.24) is 14.4 Å². The van der Waals surface area contributed by atoms with Gasteiger partial charge in [-0.25, -0.2) is 8.42 Å². The first-order valence-electron chi connectivity index (χ1n) is 9.41. The smallest absolute Gasteiger partial charge is 0.258 e. The Labute approximate surface area is 165 Å². The van der Waals surface area contributed by atoms with Crippen LogP contribution in [0.1, 0.15) is 35.7 Å². The summed E-state index contributed by atoms with van der Waals surface area (Å²) < 4.78 is 32.8. The van der Waals surface area contributed by atoms with Crippen LogP contribution in [0.5, 0.6) is 0 Å². The van der Waals surface area contributed by atoms with Crippen molar-refractivity contribution in [3.05, 3.63) is 65.5 Å². The van der Waals surface area contributed by atoms with Crippen molar-refractivity contribution in [1.29, 1.82) is 0 Å². The maximum atomic E-state index is 12.9. The van der Waals surface area contributed by atoms with Crippen LogP contribution >= 0.6 is 0 Å². The van der Waals surface area contributed by atoms with Crippen LogP contribution in [0.25, 0.3) is 11.5 Å². The van der Waals surface area contributed by atoms with Crippen LogP contribution in [0.2, 0.25) is 0 Å². The van der Waals surface area contributed by atoms with Crippen LogP contribution in [0, 0.1) is 13.8 Å². The summed E-state index contributed by atoms with van der Waals surface area (Å²) in [4.78, 5) is 4.93. The SMILES string of the molecule is Cc1cccc(S(=O)(=O)N2CCC(c3noc(-c4ccccc4C)n3)CC2)c1. The molecule has 2 heterocycles. The van der Waals surface area contributed by atoms with Crippen molar-refractivity contribution in [2.75, 3.05) is 13.1 Å². The van der Waals surface area contributed by atoms with E-state index in [2.05, 4.69) is 10.1 Å². The third-order valence-electron chi connectivity index (χ3n) is 5.26. The second-order valence-electron chi connectivity index (χ2n) is 7.27. The third kappa shape index (κ3) is 3.59. The van der Waals surface area contributed by atoms with Gasteiger partial charge < -0.3 is 4.52 Å². The normalized spacial score (nSPS) is 16.4. The zero-order chi connectivity index (χ0) is 19.7. The maximum Gasteiger partial charge on any atom is 0.258 e. The van der Waals surface area contributed by atoms with Crippen LogP contribution in [0.3, 0.4) is 0 Å². The highest BCUT2D eigenvalue weighted by Gasteiger charge is 2.32. The zero-order valence-corrected chi connectivity index (χ0v) is 16.8. The molecule has 3 aromatic rings. The number of piperidine rings is 1. The van der Waals surface area contributed by atoms with E-state index >= 15 is 0 Å². The lowest BCUT2D eigenvalue weighted by atomic mass is 9.97. The van der Waals surface area contributed by atoms with E-state index in [-0.39, 0.29) is 5.92 Å². The molecule has 0 radical (unpaired) electrons. The van der Waals surface area contributed by atoms with Gasteiger partial charge in [0.2, 0.25) is 10.0 Å². The monoisotopic (exact) mass is 397 g/mol. The van der Waals surface area contributed by atoms with E-state index in [4.69, 9.17) is 4.52 Å². The number of hydrogen-bond acceptors (Lipinski definition) is 5. The Morgan fingerprint density at radius 2 is 1.79 bits per heavy atom. The number of hydrogen-bond donors (Lipinski definition) is 0. The fourth-order valence-electron chi connectivity index (χ4n) is 3.60. The van der Waals surface area contributed by atoms with Crippen molar-refractivity contribution < 1.29 is 12.9 Å². The number of sulfonamides is 1. The average molecular weight is 398 g/mol. The Morgan fingerprint density at radius 1 is 1.04 bits per heavy atom. The van der Waals surface area contributed by atoms with Gasteiger partial charge in [0.1, 0.15) is 0 Å². The number of nitrogens with zero attached hydrogens (tertiary/aromatic N) is 3. The van der Waals surface area contributed by atoms with Crippen molar-refractivity contribution in [2.24, 2.45) is 0 Å². The molecule has 1 fully saturated rings. The largest absolute Gasteiger partial charge is 0.334 e. The first-order valence-corrected chi connectivity index (χ1v) is 10.9. The molecule has 1 aromatic heterocycles. The van der Waals surface area contributed by atoms with E-state index in [1.165, 1.54) is 0 Å². The first kappa shape index (κ1) is 18.8. The molecule has 1 aliphatic heterocycles. The van der Waals surface area contributed by atoms with E-state index in [0.717, 1.165) is 16.7 Å². The van der Waals surface area contributed by atoms with E-state index in [0.29, 0.717) is 42.5 Å². The second kappa shape index (κ2) is 7.48. The maximum absolute atomic E-state index is 12.9. The van der Waals surface area contributed by atoms with E-state index in [9.17, 15) is 8.42 Å². The van der Waals surface area contributed by atoms with Crippen molar-refractivity contribution in [2.45, 2.75) is 37.5 Å². The molecule has 0 bridgehead atoms. The van der Waals surface area contributed by atoms with E-state index < -0.39 is 10.0 Å². The summed E-state index contributed by atoms with van der Waals surface area (Å²) in [7, 11) is -3.46. The van der Waals surface area contributed by atoms with Crippen molar-refractivity contribution in [3.8, 4) is 11.5 Å². The van der Waals surface area contributed by atoms with Gasteiger partial charge in [0.25, 0.3) is 5.89 Å². The predicted molar refractivity (Wildman–Crippen MR) is 106 cm³/mol. The summed E-state index contributed by atoms with van der Waals surface area (Å²) in [5.74, 6) is 1.28. The van der Waals surface area contributed by atoms with Gasteiger partial charge in [-0.3, -0.25) is 0 Å². The van der Waals surface area contributed by atoms with E-state index in [1.807, 2.05) is 44.2 Å². The van der Waals surface area contributed by atoms with Crippen LogP contribution in [-0.2, 0) is 10.0 Å². The Kier molecular flexibility index (Phi) is 5.03. The molecule has 1 aliphatic rings. The minimum absolute atomic E-state index is 0.102. The molecule has 6 nitrogen and oxygen atoms in total. The van der Waals surface area contributed by atoms with Gasteiger partial charge in [-0.05, 0) is 56.0 Å². The van der Waals surface area contributed by atoms with Crippen LogP contribution in [-0.4, -0.2) is 36.0 Å². The van der Waals surface area contributed by atoms with Gasteiger partial charge in [-0.2, -0.15) is 9.29 Å². The Bertz CT molecular complexity index is 1080. The summed E-state index contributed by atoms with van der Waals surface area (Å²) in [5.41, 5.74) is 2.95. The highest BCUT2D eigenvalue weighted by molar-refractivity contribution is 7.89. The molecule has 0 amide bonds. The molecule has 0 aliphatic carbocycles. The summed E-state index contributed by atoms with van der Waals surface area (Å²) in [6.07, 6.45) is 1.36. The van der Waals surface area contributed by atoms with Crippen LogP contribution < -0.4 is 0 Å². The zero-order valence-electron chi connectivity index (χ0n) is 16.0. The molecule has 1 saturated heterocycles.